The van der Waals surface area contributed by atoms with Crippen molar-refractivity contribution in [2.45, 2.75) is 132 Å². The first-order valence-corrected chi connectivity index (χ1v) is 17.7. The highest BCUT2D eigenvalue weighted by atomic mass is 16.5. The number of benzene rings is 1. The SMILES string of the molecule is CC(=O)[C@]12CC[C@@H](C)[C@H](C)[C@H]1C1=CC[C@@H]3[C@@]4(C)CC[C@H](OC(=O)CCc5ccccc5)C(C)(C)C4CC[C@@]3(C)[C@]1(C)CC2. The summed E-state index contributed by atoms with van der Waals surface area (Å²) in [6.07, 6.45) is 14.0. The fraction of sp³-hybridized carbons (Fsp3) is 0.750. The summed E-state index contributed by atoms with van der Waals surface area (Å²) in [6, 6.07) is 10.3. The maximum Gasteiger partial charge on any atom is 0.306 e. The molecule has 0 spiro atoms. The smallest absolute Gasteiger partial charge is 0.306 e. The average molecular weight is 587 g/mol. The Bertz CT molecular complexity index is 1280. The Morgan fingerprint density at radius 2 is 1.58 bits per heavy atom. The molecule has 0 aromatic heterocycles. The van der Waals surface area contributed by atoms with Gasteiger partial charge in [0.15, 0.2) is 0 Å². The molecule has 10 atom stereocenters. The molecule has 3 heteroatoms. The summed E-state index contributed by atoms with van der Waals surface area (Å²) in [7, 11) is 0. The third-order valence-electron chi connectivity index (χ3n) is 15.4. The molecule has 236 valence electrons. The number of hydrogen-bond donors (Lipinski definition) is 0. The zero-order valence-electron chi connectivity index (χ0n) is 28.4. The number of carbonyl (C=O) groups is 2. The molecule has 5 aliphatic rings. The lowest BCUT2D eigenvalue weighted by Crippen LogP contribution is -2.65. The second-order valence-corrected chi connectivity index (χ2v) is 17.2. The summed E-state index contributed by atoms with van der Waals surface area (Å²) in [6.45, 7) is 19.4. The van der Waals surface area contributed by atoms with Crippen LogP contribution in [0.15, 0.2) is 42.0 Å². The van der Waals surface area contributed by atoms with Gasteiger partial charge in [0.05, 0.1) is 0 Å². The molecule has 4 saturated carbocycles. The number of rotatable bonds is 5. The molecule has 0 aliphatic heterocycles. The quantitative estimate of drug-likeness (QED) is 0.255. The Morgan fingerprint density at radius 1 is 0.860 bits per heavy atom. The number of ketones is 1. The van der Waals surface area contributed by atoms with Crippen LogP contribution in [0, 0.1) is 56.7 Å². The van der Waals surface area contributed by atoms with Crippen LogP contribution in [0.4, 0.5) is 0 Å². The minimum Gasteiger partial charge on any atom is -0.462 e. The zero-order valence-corrected chi connectivity index (χ0v) is 28.4. The van der Waals surface area contributed by atoms with Crippen LogP contribution in [0.5, 0.6) is 0 Å². The fourth-order valence-electron chi connectivity index (χ4n) is 12.4. The summed E-state index contributed by atoms with van der Waals surface area (Å²) in [5, 5.41) is 0. The van der Waals surface area contributed by atoms with Gasteiger partial charge < -0.3 is 4.74 Å². The van der Waals surface area contributed by atoms with Crippen molar-refractivity contribution in [2.24, 2.45) is 56.7 Å². The normalized spacial score (nSPS) is 45.0. The summed E-state index contributed by atoms with van der Waals surface area (Å²) < 4.78 is 6.32. The molecule has 1 aromatic rings. The third-order valence-corrected chi connectivity index (χ3v) is 15.4. The number of allylic oxidation sites excluding steroid dienone is 2. The first-order valence-electron chi connectivity index (χ1n) is 17.7. The van der Waals surface area contributed by atoms with E-state index in [1.54, 1.807) is 5.57 Å². The number of fused-ring (bicyclic) bond motifs is 7. The van der Waals surface area contributed by atoms with E-state index in [0.717, 1.165) is 44.9 Å². The summed E-state index contributed by atoms with van der Waals surface area (Å²) in [5.41, 5.74) is 3.24. The fourth-order valence-corrected chi connectivity index (χ4v) is 12.4. The summed E-state index contributed by atoms with van der Waals surface area (Å²) in [5.74, 6) is 3.18. The van der Waals surface area contributed by atoms with E-state index in [4.69, 9.17) is 4.74 Å². The van der Waals surface area contributed by atoms with Gasteiger partial charge in [0.2, 0.25) is 0 Å². The highest BCUT2D eigenvalue weighted by Gasteiger charge is 2.69. The second-order valence-electron chi connectivity index (χ2n) is 17.2. The first-order chi connectivity index (χ1) is 20.2. The number of aryl methyl sites for hydroxylation is 1. The van der Waals surface area contributed by atoms with E-state index < -0.39 is 0 Å². The van der Waals surface area contributed by atoms with Crippen LogP contribution in [0.25, 0.3) is 0 Å². The number of Topliss-reactive ketones (excluding diaryl/α,β-unsaturated/α-hetero) is 1. The van der Waals surface area contributed by atoms with Crippen molar-refractivity contribution in [3.05, 3.63) is 47.5 Å². The van der Waals surface area contributed by atoms with Crippen molar-refractivity contribution in [2.75, 3.05) is 0 Å². The molecular formula is C40H58O3. The molecular weight excluding hydrogens is 528 g/mol. The molecule has 6 rings (SSSR count). The van der Waals surface area contributed by atoms with Crippen LogP contribution < -0.4 is 0 Å². The first kappa shape index (κ1) is 31.1. The van der Waals surface area contributed by atoms with Gasteiger partial charge in [0.1, 0.15) is 11.9 Å². The van der Waals surface area contributed by atoms with Gasteiger partial charge in [-0.05, 0) is 123 Å². The van der Waals surface area contributed by atoms with Crippen molar-refractivity contribution < 1.29 is 14.3 Å². The molecule has 43 heavy (non-hydrogen) atoms. The Balaban J connectivity index is 1.26. The molecule has 0 radical (unpaired) electrons. The number of hydrogen-bond acceptors (Lipinski definition) is 3. The molecule has 3 nitrogen and oxygen atoms in total. The molecule has 1 unspecified atom stereocenters. The minimum absolute atomic E-state index is 0.0149. The molecule has 0 amide bonds. The maximum atomic E-state index is 13.4. The van der Waals surface area contributed by atoms with Crippen LogP contribution >= 0.6 is 0 Å². The summed E-state index contributed by atoms with van der Waals surface area (Å²) in [4.78, 5) is 26.5. The Hall–Kier alpha value is -1.90. The van der Waals surface area contributed by atoms with Crippen molar-refractivity contribution in [3.8, 4) is 0 Å². The van der Waals surface area contributed by atoms with Gasteiger partial charge in [0.25, 0.3) is 0 Å². The Kier molecular flexibility index (Phi) is 7.66. The van der Waals surface area contributed by atoms with Gasteiger partial charge >= 0.3 is 5.97 Å². The number of carbonyl (C=O) groups excluding carboxylic acids is 2. The van der Waals surface area contributed by atoms with Gasteiger partial charge in [0, 0.05) is 17.3 Å². The van der Waals surface area contributed by atoms with Crippen molar-refractivity contribution >= 4 is 11.8 Å². The van der Waals surface area contributed by atoms with E-state index in [-0.39, 0.29) is 39.1 Å². The van der Waals surface area contributed by atoms with Gasteiger partial charge in [-0.25, -0.2) is 0 Å². The van der Waals surface area contributed by atoms with Gasteiger partial charge in [-0.2, -0.15) is 0 Å². The Morgan fingerprint density at radius 3 is 2.28 bits per heavy atom. The van der Waals surface area contributed by atoms with Crippen LogP contribution in [0.3, 0.4) is 0 Å². The predicted molar refractivity (Wildman–Crippen MR) is 174 cm³/mol. The van der Waals surface area contributed by atoms with Crippen LogP contribution in [-0.4, -0.2) is 17.9 Å². The van der Waals surface area contributed by atoms with Crippen LogP contribution in [0.1, 0.15) is 125 Å². The zero-order chi connectivity index (χ0) is 31.0. The topological polar surface area (TPSA) is 43.4 Å². The molecule has 0 saturated heterocycles. The standard InChI is InChI=1S/C40H58O3/c1-26-18-23-40(28(3)41)25-24-38(7)30(35(40)27(26)2)15-16-32-37(6)21-20-33(36(4,5)31(37)19-22-39(32,38)8)43-34(42)17-14-29-12-10-9-11-13-29/h9-13,15,26-27,31-33,35H,14,16-25H2,1-8H3/t26-,27+,31?,32-,33+,35+,37+,38-,39-,40-/m1/s1. The van der Waals surface area contributed by atoms with E-state index in [9.17, 15) is 9.59 Å². The van der Waals surface area contributed by atoms with E-state index in [2.05, 4.69) is 66.7 Å². The Labute approximate surface area is 262 Å². The van der Waals surface area contributed by atoms with Gasteiger partial charge in [-0.1, -0.05) is 90.4 Å². The van der Waals surface area contributed by atoms with Crippen LogP contribution in [0.2, 0.25) is 0 Å². The molecule has 4 fully saturated rings. The lowest BCUT2D eigenvalue weighted by molar-refractivity contribution is -0.213. The van der Waals surface area contributed by atoms with Crippen LogP contribution in [-0.2, 0) is 20.7 Å². The lowest BCUT2D eigenvalue weighted by Gasteiger charge is -2.71. The second kappa shape index (κ2) is 10.6. The van der Waals surface area contributed by atoms with E-state index >= 15 is 0 Å². The van der Waals surface area contributed by atoms with Gasteiger partial charge in [-0.3, -0.25) is 9.59 Å². The van der Waals surface area contributed by atoms with Crippen molar-refractivity contribution in [1.29, 1.82) is 0 Å². The van der Waals surface area contributed by atoms with Crippen molar-refractivity contribution in [1.82, 2.24) is 0 Å². The molecule has 0 N–H and O–H groups in total. The molecule has 1 aromatic carbocycles. The average Bonchev–Trinajstić information content (AvgIpc) is 2.96. The number of esters is 1. The van der Waals surface area contributed by atoms with Crippen molar-refractivity contribution in [3.63, 3.8) is 0 Å². The highest BCUT2D eigenvalue weighted by Crippen LogP contribution is 2.76. The van der Waals surface area contributed by atoms with E-state index in [0.29, 0.717) is 41.8 Å². The van der Waals surface area contributed by atoms with Gasteiger partial charge in [-0.15, -0.1) is 0 Å². The molecule has 5 aliphatic carbocycles. The highest BCUT2D eigenvalue weighted by molar-refractivity contribution is 5.84. The largest absolute Gasteiger partial charge is 0.462 e. The van der Waals surface area contributed by atoms with E-state index in [1.165, 1.54) is 24.8 Å². The molecule has 0 bridgehead atoms. The van der Waals surface area contributed by atoms with E-state index in [1.807, 2.05) is 25.1 Å². The monoisotopic (exact) mass is 586 g/mol. The minimum atomic E-state index is -0.147. The summed E-state index contributed by atoms with van der Waals surface area (Å²) >= 11 is 0. The molecule has 0 heterocycles. The lowest BCUT2D eigenvalue weighted by atomic mass is 9.33. The maximum absolute atomic E-state index is 13.4. The number of ether oxygens (including phenoxy) is 1. The third kappa shape index (κ3) is 4.47. The predicted octanol–water partition coefficient (Wildman–Crippen LogP) is 9.78.